The summed E-state index contributed by atoms with van der Waals surface area (Å²) in [4.78, 5) is 20.8. The van der Waals surface area contributed by atoms with E-state index in [2.05, 4.69) is 27.4 Å². The number of carbonyl (C=O) groups is 1. The Hall–Kier alpha value is -3.47. The fourth-order valence-electron chi connectivity index (χ4n) is 3.62. The van der Waals surface area contributed by atoms with Crippen LogP contribution in [0.3, 0.4) is 0 Å². The van der Waals surface area contributed by atoms with Gasteiger partial charge < -0.3 is 10.1 Å². The molecule has 1 fully saturated rings. The molecular formula is C25H25N3O2. The molecule has 0 saturated heterocycles. The molecule has 1 aromatic carbocycles. The van der Waals surface area contributed by atoms with Gasteiger partial charge in [0.25, 0.3) is 0 Å². The van der Waals surface area contributed by atoms with Crippen LogP contribution in [-0.2, 0) is 4.79 Å². The maximum absolute atomic E-state index is 12.5. The van der Waals surface area contributed by atoms with Crippen LogP contribution in [0.15, 0.2) is 72.7 Å². The molecule has 1 saturated carbocycles. The monoisotopic (exact) mass is 399 g/mol. The number of benzene rings is 1. The third-order valence-electron chi connectivity index (χ3n) is 5.26. The highest BCUT2D eigenvalue weighted by Crippen LogP contribution is 2.31. The summed E-state index contributed by atoms with van der Waals surface area (Å²) in [5.41, 5.74) is 4.33. The number of hydrogen-bond acceptors (Lipinski definition) is 4. The van der Waals surface area contributed by atoms with E-state index in [-0.39, 0.29) is 11.8 Å². The third-order valence-corrected chi connectivity index (χ3v) is 5.26. The van der Waals surface area contributed by atoms with Crippen LogP contribution in [0.5, 0.6) is 11.6 Å². The zero-order valence-electron chi connectivity index (χ0n) is 17.0. The van der Waals surface area contributed by atoms with Gasteiger partial charge in [0.05, 0.1) is 11.9 Å². The maximum atomic E-state index is 12.5. The van der Waals surface area contributed by atoms with Crippen LogP contribution in [-0.4, -0.2) is 15.9 Å². The van der Waals surface area contributed by atoms with E-state index in [1.54, 1.807) is 18.6 Å². The molecule has 5 nitrogen and oxygen atoms in total. The molecule has 0 aliphatic heterocycles. The van der Waals surface area contributed by atoms with Crippen molar-refractivity contribution < 1.29 is 9.53 Å². The molecule has 1 N–H and O–H groups in total. The molecule has 2 aromatic heterocycles. The Morgan fingerprint density at radius 1 is 1.10 bits per heavy atom. The number of ether oxygens (including phenoxy) is 1. The van der Waals surface area contributed by atoms with Crippen LogP contribution in [0, 0.1) is 12.8 Å². The van der Waals surface area contributed by atoms with Gasteiger partial charge in [-0.15, -0.1) is 0 Å². The van der Waals surface area contributed by atoms with E-state index in [0.717, 1.165) is 48.2 Å². The minimum Gasteiger partial charge on any atom is -0.439 e. The second kappa shape index (κ2) is 9.35. The maximum Gasteiger partial charge on any atom is 0.227 e. The molecule has 0 radical (unpaired) electrons. The van der Waals surface area contributed by atoms with E-state index in [1.807, 2.05) is 49.4 Å². The summed E-state index contributed by atoms with van der Waals surface area (Å²) in [6.45, 7) is 2.00. The van der Waals surface area contributed by atoms with Gasteiger partial charge in [-0.05, 0) is 68.0 Å². The predicted octanol–water partition coefficient (Wildman–Crippen LogP) is 5.79. The Balaban J connectivity index is 1.35. The molecule has 152 valence electrons. The molecule has 1 aliphatic rings. The van der Waals surface area contributed by atoms with Crippen LogP contribution >= 0.6 is 0 Å². The topological polar surface area (TPSA) is 64.1 Å². The Bertz CT molecular complexity index is 1020. The van der Waals surface area contributed by atoms with Crippen LogP contribution in [0.2, 0.25) is 0 Å². The Morgan fingerprint density at radius 3 is 2.70 bits per heavy atom. The summed E-state index contributed by atoms with van der Waals surface area (Å²) in [6.07, 6.45) is 11.0. The van der Waals surface area contributed by atoms with E-state index < -0.39 is 0 Å². The number of hydrogen-bond donors (Lipinski definition) is 1. The van der Waals surface area contributed by atoms with Crippen LogP contribution in [0.1, 0.15) is 36.8 Å². The van der Waals surface area contributed by atoms with Crippen molar-refractivity contribution in [3.8, 4) is 11.6 Å². The summed E-state index contributed by atoms with van der Waals surface area (Å²) >= 11 is 0. The number of nitrogens with zero attached hydrogens (tertiary/aromatic N) is 2. The highest BCUT2D eigenvalue weighted by atomic mass is 16.5. The fraction of sp³-hybridized carbons (Fsp3) is 0.240. The van der Waals surface area contributed by atoms with Crippen molar-refractivity contribution in [2.24, 2.45) is 5.92 Å². The van der Waals surface area contributed by atoms with Gasteiger partial charge in [0.1, 0.15) is 5.75 Å². The Kier molecular flexibility index (Phi) is 6.18. The first-order valence-corrected chi connectivity index (χ1v) is 10.3. The summed E-state index contributed by atoms with van der Waals surface area (Å²) < 4.78 is 5.87. The van der Waals surface area contributed by atoms with Crippen LogP contribution in [0.4, 0.5) is 5.69 Å². The average Bonchev–Trinajstić information content (AvgIpc) is 2.77. The number of amides is 1. The number of pyridine rings is 2. The lowest BCUT2D eigenvalue weighted by molar-refractivity contribution is -0.120. The SMILES string of the molecule is Cc1ccc(Oc2cccc(C=C3CCC(C(=O)Nc4cccnc4)CC3)c2)nc1. The van der Waals surface area contributed by atoms with E-state index in [4.69, 9.17) is 4.74 Å². The van der Waals surface area contributed by atoms with Crippen LogP contribution in [0.25, 0.3) is 6.08 Å². The smallest absolute Gasteiger partial charge is 0.227 e. The second-order valence-corrected chi connectivity index (χ2v) is 7.66. The Morgan fingerprint density at radius 2 is 1.97 bits per heavy atom. The van der Waals surface area contributed by atoms with Crippen molar-refractivity contribution in [3.05, 3.63) is 83.8 Å². The van der Waals surface area contributed by atoms with Crippen molar-refractivity contribution in [3.63, 3.8) is 0 Å². The molecule has 4 rings (SSSR count). The molecular weight excluding hydrogens is 374 g/mol. The zero-order valence-corrected chi connectivity index (χ0v) is 17.0. The number of anilines is 1. The molecule has 0 spiro atoms. The quantitative estimate of drug-likeness (QED) is 0.590. The highest BCUT2D eigenvalue weighted by molar-refractivity contribution is 5.92. The summed E-state index contributed by atoms with van der Waals surface area (Å²) in [7, 11) is 0. The van der Waals surface area contributed by atoms with E-state index in [9.17, 15) is 4.79 Å². The molecule has 3 aromatic rings. The van der Waals surface area contributed by atoms with Gasteiger partial charge in [0.2, 0.25) is 11.8 Å². The van der Waals surface area contributed by atoms with Gasteiger partial charge in [0, 0.05) is 24.4 Å². The largest absolute Gasteiger partial charge is 0.439 e. The van der Waals surface area contributed by atoms with Gasteiger partial charge in [-0.25, -0.2) is 4.98 Å². The fourth-order valence-corrected chi connectivity index (χ4v) is 3.62. The number of aromatic nitrogens is 2. The average molecular weight is 399 g/mol. The van der Waals surface area contributed by atoms with Crippen molar-refractivity contribution in [2.45, 2.75) is 32.6 Å². The first kappa shape index (κ1) is 19.8. The first-order chi connectivity index (χ1) is 14.7. The number of aryl methyl sites for hydroxylation is 1. The summed E-state index contributed by atoms with van der Waals surface area (Å²) in [5.74, 6) is 1.49. The van der Waals surface area contributed by atoms with Crippen molar-refractivity contribution >= 4 is 17.7 Å². The molecule has 1 aliphatic carbocycles. The number of carbonyl (C=O) groups excluding carboxylic acids is 1. The summed E-state index contributed by atoms with van der Waals surface area (Å²) in [5, 5.41) is 2.97. The molecule has 1 amide bonds. The number of rotatable bonds is 5. The van der Waals surface area contributed by atoms with Gasteiger partial charge in [-0.3, -0.25) is 9.78 Å². The first-order valence-electron chi connectivity index (χ1n) is 10.3. The van der Waals surface area contributed by atoms with Gasteiger partial charge in [0.15, 0.2) is 0 Å². The van der Waals surface area contributed by atoms with E-state index >= 15 is 0 Å². The lowest BCUT2D eigenvalue weighted by Crippen LogP contribution is -2.25. The molecule has 5 heteroatoms. The van der Waals surface area contributed by atoms with E-state index in [1.165, 1.54) is 5.57 Å². The molecule has 2 heterocycles. The van der Waals surface area contributed by atoms with Crippen molar-refractivity contribution in [1.29, 1.82) is 0 Å². The molecule has 0 bridgehead atoms. The minimum atomic E-state index is 0.0460. The predicted molar refractivity (Wildman–Crippen MR) is 118 cm³/mol. The molecule has 0 atom stereocenters. The highest BCUT2D eigenvalue weighted by Gasteiger charge is 2.23. The molecule has 30 heavy (non-hydrogen) atoms. The van der Waals surface area contributed by atoms with Crippen LogP contribution < -0.4 is 10.1 Å². The number of nitrogens with one attached hydrogen (secondary N) is 1. The minimum absolute atomic E-state index is 0.0460. The zero-order chi connectivity index (χ0) is 20.8. The van der Waals surface area contributed by atoms with Gasteiger partial charge >= 0.3 is 0 Å². The van der Waals surface area contributed by atoms with Gasteiger partial charge in [-0.2, -0.15) is 0 Å². The lowest BCUT2D eigenvalue weighted by atomic mass is 9.84. The molecule has 0 unspecified atom stereocenters. The van der Waals surface area contributed by atoms with E-state index in [0.29, 0.717) is 5.88 Å². The number of allylic oxidation sites excluding steroid dienone is 1. The van der Waals surface area contributed by atoms with Gasteiger partial charge in [-0.1, -0.05) is 29.8 Å². The van der Waals surface area contributed by atoms with Crippen molar-refractivity contribution in [2.75, 3.05) is 5.32 Å². The van der Waals surface area contributed by atoms with Crippen molar-refractivity contribution in [1.82, 2.24) is 9.97 Å². The second-order valence-electron chi connectivity index (χ2n) is 7.66. The normalized spacial score (nSPS) is 16.0. The summed E-state index contributed by atoms with van der Waals surface area (Å²) in [6, 6.07) is 15.6. The standard InChI is InChI=1S/C25H25N3O2/c1-18-7-12-24(27-16-18)30-23-6-2-4-20(15-23)14-19-8-10-21(11-9-19)25(29)28-22-5-3-13-26-17-22/h2-7,12-17,21H,8-11H2,1H3,(H,28,29). The lowest BCUT2D eigenvalue weighted by Gasteiger charge is -2.23. The third kappa shape index (κ3) is 5.32. The Labute approximate surface area is 176 Å².